The van der Waals surface area contributed by atoms with Crippen LogP contribution in [0.25, 0.3) is 17.1 Å². The van der Waals surface area contributed by atoms with Gasteiger partial charge in [-0.15, -0.1) is 0 Å². The zero-order valence-electron chi connectivity index (χ0n) is 26.8. The number of aromatic nitrogens is 4. The maximum atomic E-state index is 14.2. The van der Waals surface area contributed by atoms with Gasteiger partial charge in [-0.1, -0.05) is 40.2 Å². The number of aliphatic hydroxyl groups is 1. The zero-order chi connectivity index (χ0) is 35.9. The van der Waals surface area contributed by atoms with Gasteiger partial charge in [-0.2, -0.15) is 13.2 Å². The largest absolute Gasteiger partial charge is 0.490 e. The van der Waals surface area contributed by atoms with Crippen molar-refractivity contribution < 1.29 is 32.6 Å². The number of halogens is 4. The van der Waals surface area contributed by atoms with Crippen LogP contribution in [0.2, 0.25) is 0 Å². The van der Waals surface area contributed by atoms with Crippen molar-refractivity contribution in [3.63, 3.8) is 0 Å². The van der Waals surface area contributed by atoms with Crippen LogP contribution in [0.4, 0.5) is 13.2 Å². The summed E-state index contributed by atoms with van der Waals surface area (Å²) in [6.07, 6.45) is 0.529. The molecule has 2 amide bonds. The van der Waals surface area contributed by atoms with Crippen LogP contribution in [0, 0.1) is 0 Å². The molecule has 2 aromatic heterocycles. The van der Waals surface area contributed by atoms with Gasteiger partial charge in [0.25, 0.3) is 11.8 Å². The minimum Gasteiger partial charge on any atom is -0.490 e. The van der Waals surface area contributed by atoms with E-state index < -0.39 is 41.9 Å². The van der Waals surface area contributed by atoms with Gasteiger partial charge in [0.15, 0.2) is 5.82 Å². The van der Waals surface area contributed by atoms with Gasteiger partial charge in [-0.3, -0.25) is 18.7 Å². The smallest absolute Gasteiger partial charge is 0.417 e. The van der Waals surface area contributed by atoms with E-state index in [4.69, 9.17) is 4.74 Å². The van der Waals surface area contributed by atoms with Gasteiger partial charge in [0.1, 0.15) is 11.4 Å². The number of amides is 2. The van der Waals surface area contributed by atoms with E-state index in [0.29, 0.717) is 28.4 Å². The van der Waals surface area contributed by atoms with Crippen LogP contribution in [0.5, 0.6) is 5.75 Å². The summed E-state index contributed by atoms with van der Waals surface area (Å²) in [5.41, 5.74) is -0.0516. The highest BCUT2D eigenvalue weighted by Gasteiger charge is 2.38. The Morgan fingerprint density at radius 2 is 1.73 bits per heavy atom. The molecular formula is C36H30BrF3N6O5. The van der Waals surface area contributed by atoms with E-state index in [0.717, 1.165) is 25.0 Å². The fourth-order valence-electron chi connectivity index (χ4n) is 6.09. The number of hydrogen-bond donors (Lipinski definition) is 2. The molecule has 2 aliphatic rings. The molecule has 0 radical (unpaired) electrons. The molecule has 2 N–H and O–H groups in total. The van der Waals surface area contributed by atoms with Gasteiger partial charge >= 0.3 is 11.9 Å². The Balaban J connectivity index is 1.27. The molecular weight excluding hydrogens is 733 g/mol. The van der Waals surface area contributed by atoms with Gasteiger partial charge in [-0.05, 0) is 66.9 Å². The molecule has 0 unspecified atom stereocenters. The number of fused-ring (bicyclic) bond motifs is 1. The summed E-state index contributed by atoms with van der Waals surface area (Å²) in [5.74, 6) is -0.377. The third kappa shape index (κ3) is 6.90. The number of carbonyl (C=O) groups is 2. The van der Waals surface area contributed by atoms with Crippen molar-refractivity contribution in [2.75, 3.05) is 6.61 Å². The summed E-state index contributed by atoms with van der Waals surface area (Å²) >= 11 is 2.90. The van der Waals surface area contributed by atoms with Crippen LogP contribution in [-0.2, 0) is 25.8 Å². The number of ether oxygens (including phenoxy) is 1. The number of hydrogen-bond acceptors (Lipinski definition) is 7. The summed E-state index contributed by atoms with van der Waals surface area (Å²) in [5, 5.41) is 13.2. The lowest BCUT2D eigenvalue weighted by Gasteiger charge is -2.35. The highest BCUT2D eigenvalue weighted by Crippen LogP contribution is 2.36. The van der Waals surface area contributed by atoms with Crippen LogP contribution in [0.3, 0.4) is 0 Å². The minimum absolute atomic E-state index is 0.0290. The third-order valence-electron chi connectivity index (χ3n) is 8.79. The number of aliphatic hydroxyl groups excluding tert-OH is 1. The van der Waals surface area contributed by atoms with E-state index in [1.165, 1.54) is 20.1 Å². The van der Waals surface area contributed by atoms with Crippen LogP contribution in [-0.4, -0.2) is 59.7 Å². The lowest BCUT2D eigenvalue weighted by molar-refractivity contribution is -0.138. The lowest BCUT2D eigenvalue weighted by atomic mass is 10.1. The number of rotatable bonds is 9. The molecule has 3 heterocycles. The normalized spacial score (nSPS) is 15.7. The second kappa shape index (κ2) is 13.8. The van der Waals surface area contributed by atoms with E-state index in [1.807, 2.05) is 18.2 Å². The molecule has 7 rings (SSSR count). The first-order valence-corrected chi connectivity index (χ1v) is 16.9. The number of nitrogens with one attached hydrogen (secondary N) is 1. The van der Waals surface area contributed by atoms with Crippen molar-refractivity contribution in [1.82, 2.24) is 29.3 Å². The van der Waals surface area contributed by atoms with Crippen molar-refractivity contribution in [3.8, 4) is 22.8 Å². The first-order valence-electron chi connectivity index (χ1n) is 16.1. The molecule has 1 saturated carbocycles. The highest BCUT2D eigenvalue weighted by molar-refractivity contribution is 9.10. The summed E-state index contributed by atoms with van der Waals surface area (Å²) in [4.78, 5) is 52.0. The molecule has 1 atom stereocenters. The first-order chi connectivity index (χ1) is 24.5. The summed E-state index contributed by atoms with van der Waals surface area (Å²) < 4.78 is 49.4. The topological polar surface area (TPSA) is 132 Å². The molecule has 1 fully saturated rings. The standard InChI is InChI=1S/C36H30BrF3N6O5/c37-29-13-6-21(16-28(29)36(38,39)40)34(49)44-19-30-31(33(48)43-17-22-4-1-2-5-27(22)32-41-14-3-15-42-32)46(35(50)45(30)18-24(44)20-47)23-7-9-25(10-8-23)51-26-11-12-26/h1-10,13-16,24,26,47H,11-12,17-20H2,(H,43,48)/t24-/m0/s1. The molecule has 0 bridgehead atoms. The van der Waals surface area contributed by atoms with E-state index in [1.54, 1.807) is 48.8 Å². The molecule has 5 aromatic rings. The van der Waals surface area contributed by atoms with Crippen molar-refractivity contribution >= 4 is 27.7 Å². The fraction of sp³-hybridized carbons (Fsp3) is 0.250. The second-order valence-electron chi connectivity index (χ2n) is 12.2. The second-order valence-corrected chi connectivity index (χ2v) is 13.1. The van der Waals surface area contributed by atoms with Crippen LogP contribution in [0.15, 0.2) is 94.5 Å². The Morgan fingerprint density at radius 1 is 1.00 bits per heavy atom. The molecule has 1 aliphatic heterocycles. The van der Waals surface area contributed by atoms with E-state index in [9.17, 15) is 32.7 Å². The lowest BCUT2D eigenvalue weighted by Crippen LogP contribution is -2.50. The monoisotopic (exact) mass is 762 g/mol. The average Bonchev–Trinajstić information content (AvgIpc) is 3.91. The van der Waals surface area contributed by atoms with Crippen molar-refractivity contribution in [1.29, 1.82) is 0 Å². The molecule has 3 aromatic carbocycles. The van der Waals surface area contributed by atoms with Crippen LogP contribution in [0.1, 0.15) is 50.5 Å². The number of alkyl halides is 3. The molecule has 15 heteroatoms. The van der Waals surface area contributed by atoms with Gasteiger partial charge in [0.2, 0.25) is 0 Å². The number of imidazole rings is 1. The molecule has 0 spiro atoms. The van der Waals surface area contributed by atoms with Crippen LogP contribution < -0.4 is 15.7 Å². The average molecular weight is 764 g/mol. The molecule has 1 aliphatic carbocycles. The summed E-state index contributed by atoms with van der Waals surface area (Å²) in [6.45, 7) is -1.10. The zero-order valence-corrected chi connectivity index (χ0v) is 28.4. The predicted octanol–water partition coefficient (Wildman–Crippen LogP) is 5.37. The maximum absolute atomic E-state index is 14.2. The third-order valence-corrected chi connectivity index (χ3v) is 9.48. The molecule has 0 saturated heterocycles. The van der Waals surface area contributed by atoms with Gasteiger partial charge in [0, 0.05) is 34.5 Å². The van der Waals surface area contributed by atoms with Gasteiger partial charge < -0.3 is 20.1 Å². The van der Waals surface area contributed by atoms with Gasteiger partial charge in [0.05, 0.1) is 48.8 Å². The maximum Gasteiger partial charge on any atom is 0.417 e. The Bertz CT molecular complexity index is 2170. The van der Waals surface area contributed by atoms with E-state index in [2.05, 4.69) is 31.2 Å². The summed E-state index contributed by atoms with van der Waals surface area (Å²) in [7, 11) is 0. The van der Waals surface area contributed by atoms with E-state index in [-0.39, 0.29) is 47.2 Å². The Hall–Kier alpha value is -5.28. The number of nitrogens with zero attached hydrogens (tertiary/aromatic N) is 5. The number of benzene rings is 3. The molecule has 262 valence electrons. The Kier molecular flexibility index (Phi) is 9.25. The molecule has 11 nitrogen and oxygen atoms in total. The number of carbonyl (C=O) groups excluding carboxylic acids is 2. The Labute approximate surface area is 297 Å². The van der Waals surface area contributed by atoms with E-state index >= 15 is 0 Å². The highest BCUT2D eigenvalue weighted by atomic mass is 79.9. The van der Waals surface area contributed by atoms with Crippen molar-refractivity contribution in [3.05, 3.63) is 128 Å². The first kappa shape index (κ1) is 34.2. The fourth-order valence-corrected chi connectivity index (χ4v) is 6.56. The minimum atomic E-state index is -4.74. The van der Waals surface area contributed by atoms with Crippen molar-refractivity contribution in [2.24, 2.45) is 0 Å². The summed E-state index contributed by atoms with van der Waals surface area (Å²) in [6, 6.07) is 17.8. The quantitative estimate of drug-likeness (QED) is 0.207. The van der Waals surface area contributed by atoms with Crippen molar-refractivity contribution in [2.45, 2.75) is 50.8 Å². The predicted molar refractivity (Wildman–Crippen MR) is 182 cm³/mol. The SMILES string of the molecule is O=C(NCc1ccccc1-c1ncccn1)c1c2n(c(=O)n1-c1ccc(OC3CC3)cc1)C[C@@H](CO)N(C(=O)c1ccc(Br)c(C(F)(F)F)c1)C2. The molecule has 51 heavy (non-hydrogen) atoms. The van der Waals surface area contributed by atoms with Gasteiger partial charge in [-0.25, -0.2) is 14.8 Å². The Morgan fingerprint density at radius 3 is 2.41 bits per heavy atom. The van der Waals surface area contributed by atoms with Crippen LogP contribution >= 0.6 is 15.9 Å².